The zero-order valence-electron chi connectivity index (χ0n) is 28.6. The van der Waals surface area contributed by atoms with Crippen LogP contribution in [0.5, 0.6) is 0 Å². The van der Waals surface area contributed by atoms with E-state index < -0.39 is 61.6 Å². The summed E-state index contributed by atoms with van der Waals surface area (Å²) in [6.07, 6.45) is -6.14. The van der Waals surface area contributed by atoms with Gasteiger partial charge in [-0.25, -0.2) is 0 Å². The van der Waals surface area contributed by atoms with E-state index in [9.17, 15) is 0 Å². The number of benzene rings is 4. The molecule has 10 nitrogen and oxygen atoms in total. The molecular formula is C41H44O10. The van der Waals surface area contributed by atoms with Gasteiger partial charge in [-0.05, 0) is 22.3 Å². The maximum atomic E-state index is 7.04. The van der Waals surface area contributed by atoms with Gasteiger partial charge in [0.15, 0.2) is 18.9 Å². The molecule has 1 unspecified atom stereocenters. The van der Waals surface area contributed by atoms with Gasteiger partial charge in [0, 0.05) is 12.7 Å². The lowest BCUT2D eigenvalue weighted by molar-refractivity contribution is -0.382. The first kappa shape index (κ1) is 34.6. The van der Waals surface area contributed by atoms with Gasteiger partial charge in [0.1, 0.15) is 42.7 Å². The molecule has 0 aliphatic carbocycles. The molecule has 4 aliphatic rings. The summed E-state index contributed by atoms with van der Waals surface area (Å²) >= 11 is 0. The lowest BCUT2D eigenvalue weighted by atomic mass is 9.97. The van der Waals surface area contributed by atoms with E-state index in [0.29, 0.717) is 26.4 Å². The zero-order chi connectivity index (χ0) is 34.4. The zero-order valence-corrected chi connectivity index (χ0v) is 28.6. The Balaban J connectivity index is 1.08. The van der Waals surface area contributed by atoms with Crippen LogP contribution in [0.15, 0.2) is 115 Å². The second-order valence-corrected chi connectivity index (χ2v) is 13.2. The summed E-state index contributed by atoms with van der Waals surface area (Å²) in [5.41, 5.74) is 5.12. The van der Waals surface area contributed by atoms with Gasteiger partial charge in [-0.15, -0.1) is 0 Å². The number of hydrogen-bond donors (Lipinski definition) is 0. The first-order valence-electron chi connectivity index (χ1n) is 17.6. The number of ether oxygens (including phenoxy) is 10. The predicted octanol–water partition coefficient (Wildman–Crippen LogP) is 5.87. The molecule has 0 bridgehead atoms. The number of hydrogen-bond acceptors (Lipinski definition) is 10. The molecule has 0 N–H and O–H groups in total. The summed E-state index contributed by atoms with van der Waals surface area (Å²) < 4.78 is 64.9. The van der Waals surface area contributed by atoms with Crippen molar-refractivity contribution in [1.82, 2.24) is 0 Å². The molecule has 4 heterocycles. The van der Waals surface area contributed by atoms with Crippen LogP contribution in [0.25, 0.3) is 0 Å². The Labute approximate surface area is 298 Å². The van der Waals surface area contributed by atoms with Crippen molar-refractivity contribution >= 4 is 0 Å². The van der Waals surface area contributed by atoms with Crippen LogP contribution in [-0.2, 0) is 73.8 Å². The van der Waals surface area contributed by atoms with Crippen molar-refractivity contribution in [3.05, 3.63) is 143 Å². The predicted molar refractivity (Wildman–Crippen MR) is 184 cm³/mol. The number of methoxy groups -OCH3 is 1. The lowest BCUT2D eigenvalue weighted by Crippen LogP contribution is -2.64. The minimum absolute atomic E-state index is 0.277. The van der Waals surface area contributed by atoms with E-state index >= 15 is 0 Å². The minimum atomic E-state index is -0.837. The summed E-state index contributed by atoms with van der Waals surface area (Å²) in [6.45, 7) is 2.12. The number of rotatable bonds is 11. The Morgan fingerprint density at radius 1 is 0.588 bits per heavy atom. The van der Waals surface area contributed by atoms with Crippen LogP contribution < -0.4 is 0 Å². The maximum Gasteiger partial charge on any atom is 0.187 e. The molecule has 3 saturated heterocycles. The van der Waals surface area contributed by atoms with E-state index in [1.165, 1.54) is 0 Å². The Hall–Kier alpha value is -3.52. The third-order valence-corrected chi connectivity index (χ3v) is 9.81. The maximum absolute atomic E-state index is 7.04. The van der Waals surface area contributed by atoms with Gasteiger partial charge in [-0.1, -0.05) is 115 Å². The molecule has 4 aromatic carbocycles. The van der Waals surface area contributed by atoms with Crippen molar-refractivity contribution in [2.24, 2.45) is 0 Å². The highest BCUT2D eigenvalue weighted by Gasteiger charge is 2.56. The van der Waals surface area contributed by atoms with Crippen molar-refractivity contribution in [2.45, 2.75) is 88.0 Å². The summed E-state index contributed by atoms with van der Waals surface area (Å²) in [7, 11) is 1.60. The average molecular weight is 697 g/mol. The van der Waals surface area contributed by atoms with Crippen LogP contribution >= 0.6 is 0 Å². The lowest BCUT2D eigenvalue weighted by Gasteiger charge is -2.49. The van der Waals surface area contributed by atoms with Gasteiger partial charge >= 0.3 is 0 Å². The fourth-order valence-corrected chi connectivity index (χ4v) is 7.16. The highest BCUT2D eigenvalue weighted by molar-refractivity contribution is 5.26. The second kappa shape index (κ2) is 16.4. The van der Waals surface area contributed by atoms with E-state index in [4.69, 9.17) is 47.4 Å². The van der Waals surface area contributed by atoms with Crippen LogP contribution in [-0.4, -0.2) is 75.6 Å². The third-order valence-electron chi connectivity index (χ3n) is 9.81. The highest BCUT2D eigenvalue weighted by Crippen LogP contribution is 2.40. The molecule has 0 radical (unpaired) electrons. The molecule has 10 atom stereocenters. The molecule has 3 fully saturated rings. The Kier molecular flexibility index (Phi) is 11.1. The molecular weight excluding hydrogens is 652 g/mol. The summed E-state index contributed by atoms with van der Waals surface area (Å²) in [5.74, 6) is 0. The van der Waals surface area contributed by atoms with Crippen molar-refractivity contribution in [3.8, 4) is 0 Å². The van der Waals surface area contributed by atoms with Gasteiger partial charge in [-0.2, -0.15) is 0 Å². The number of fused-ring (bicyclic) bond motifs is 3. The third kappa shape index (κ3) is 7.96. The molecule has 268 valence electrons. The van der Waals surface area contributed by atoms with Crippen molar-refractivity contribution < 1.29 is 47.4 Å². The molecule has 10 heteroatoms. The molecule has 0 aromatic heterocycles. The quantitative estimate of drug-likeness (QED) is 0.190. The highest BCUT2D eigenvalue weighted by atomic mass is 16.8. The van der Waals surface area contributed by atoms with E-state index in [1.807, 2.05) is 103 Å². The molecule has 8 rings (SSSR count). The molecule has 0 amide bonds. The van der Waals surface area contributed by atoms with Gasteiger partial charge < -0.3 is 47.4 Å². The standard InChI is InChI=1S/C41H44O10/c1-42-40-38(44-22-28-15-7-3-8-16-28)36(35-33(48-40)26-47-39(50-35)29-17-9-4-10-18-29)51-41-37-34(45-23-30-19-11-12-20-31(30)24-46-37)32(49-41)25-43-21-27-13-5-2-6-14-27/h2-20,32-41H,21-26H2,1H3/t32-,33-,34-,35-,36+,37+,38-,39?,40+,41+/m1/s1. The minimum Gasteiger partial charge on any atom is -0.374 e. The summed E-state index contributed by atoms with van der Waals surface area (Å²) in [5, 5.41) is 0. The van der Waals surface area contributed by atoms with E-state index in [-0.39, 0.29) is 13.2 Å². The summed E-state index contributed by atoms with van der Waals surface area (Å²) in [6, 6.07) is 38.0. The average Bonchev–Trinajstić information content (AvgIpc) is 3.50. The molecule has 4 aromatic rings. The molecule has 4 aliphatic heterocycles. The largest absolute Gasteiger partial charge is 0.374 e. The fraction of sp³-hybridized carbons (Fsp3) is 0.415. The molecule has 51 heavy (non-hydrogen) atoms. The van der Waals surface area contributed by atoms with Gasteiger partial charge in [0.25, 0.3) is 0 Å². The van der Waals surface area contributed by atoms with Crippen LogP contribution in [0, 0.1) is 0 Å². The Morgan fingerprint density at radius 3 is 1.90 bits per heavy atom. The first-order chi connectivity index (χ1) is 25.2. The Bertz CT molecular complexity index is 1650. The normalized spacial score (nSPS) is 31.9. The van der Waals surface area contributed by atoms with Crippen LogP contribution in [0.3, 0.4) is 0 Å². The van der Waals surface area contributed by atoms with E-state index in [0.717, 1.165) is 27.8 Å². The van der Waals surface area contributed by atoms with E-state index in [1.54, 1.807) is 7.11 Å². The van der Waals surface area contributed by atoms with Crippen molar-refractivity contribution in [2.75, 3.05) is 20.3 Å². The SMILES string of the molecule is CO[C@H]1O[C@@H]2COC(c3ccccc3)O[C@H]2[C@H](O[C@@H]2O[C@H](COCc3ccccc3)[C@H]3OCc4ccccc4CO[C@H]23)[C@H]1OCc1ccccc1. The van der Waals surface area contributed by atoms with Crippen LogP contribution in [0.1, 0.15) is 34.1 Å². The van der Waals surface area contributed by atoms with Crippen molar-refractivity contribution in [1.29, 1.82) is 0 Å². The fourth-order valence-electron chi connectivity index (χ4n) is 7.16. The van der Waals surface area contributed by atoms with E-state index in [2.05, 4.69) is 12.1 Å². The van der Waals surface area contributed by atoms with Gasteiger partial charge in [0.05, 0.1) is 39.6 Å². The monoisotopic (exact) mass is 696 g/mol. The second-order valence-electron chi connectivity index (χ2n) is 13.2. The van der Waals surface area contributed by atoms with Crippen LogP contribution in [0.2, 0.25) is 0 Å². The first-order valence-corrected chi connectivity index (χ1v) is 17.6. The summed E-state index contributed by atoms with van der Waals surface area (Å²) in [4.78, 5) is 0. The molecule has 0 saturated carbocycles. The van der Waals surface area contributed by atoms with Crippen molar-refractivity contribution in [3.63, 3.8) is 0 Å². The van der Waals surface area contributed by atoms with Gasteiger partial charge in [-0.3, -0.25) is 0 Å². The molecule has 0 spiro atoms. The smallest absolute Gasteiger partial charge is 0.187 e. The topological polar surface area (TPSA) is 92.3 Å². The Morgan fingerprint density at radius 2 is 1.22 bits per heavy atom. The van der Waals surface area contributed by atoms with Gasteiger partial charge in [0.2, 0.25) is 0 Å². The van der Waals surface area contributed by atoms with Crippen LogP contribution in [0.4, 0.5) is 0 Å².